The van der Waals surface area contributed by atoms with Gasteiger partial charge in [-0.2, -0.15) is 0 Å². The fourth-order valence-electron chi connectivity index (χ4n) is 2.86. The summed E-state index contributed by atoms with van der Waals surface area (Å²) < 4.78 is 5.57. The number of amides is 1. The average Bonchev–Trinajstić information content (AvgIpc) is 3.21. The lowest BCUT2D eigenvalue weighted by Gasteiger charge is -2.13. The van der Waals surface area contributed by atoms with E-state index >= 15 is 0 Å². The lowest BCUT2D eigenvalue weighted by molar-refractivity contribution is -0.384. The summed E-state index contributed by atoms with van der Waals surface area (Å²) in [5.74, 6) is -1.15. The zero-order valence-corrected chi connectivity index (χ0v) is 15.7. The molecule has 0 bridgehead atoms. The number of nitro benzene ring substituents is 1. The van der Waals surface area contributed by atoms with Gasteiger partial charge in [0.15, 0.2) is 0 Å². The first-order valence-corrected chi connectivity index (χ1v) is 9.03. The van der Waals surface area contributed by atoms with Crippen LogP contribution in [0, 0.1) is 10.1 Å². The van der Waals surface area contributed by atoms with Gasteiger partial charge in [0.2, 0.25) is 5.91 Å². The van der Waals surface area contributed by atoms with Crippen molar-refractivity contribution in [3.05, 3.63) is 94.2 Å². The Morgan fingerprint density at radius 2 is 1.77 bits per heavy atom. The normalized spacial score (nSPS) is 11.9. The summed E-state index contributed by atoms with van der Waals surface area (Å²) >= 11 is 0. The van der Waals surface area contributed by atoms with E-state index in [1.807, 2.05) is 6.07 Å². The molecule has 2 N–H and O–H groups in total. The van der Waals surface area contributed by atoms with E-state index in [-0.39, 0.29) is 17.9 Å². The molecule has 0 spiro atoms. The van der Waals surface area contributed by atoms with Gasteiger partial charge in [-0.1, -0.05) is 42.5 Å². The standard InChI is InChI=1S/C22H18N2O6/c25-21(23-18(22(26)27)14-15-6-2-1-3-7-15)13-11-16-10-12-20(30-16)17-8-4-5-9-19(17)24(28)29/h1-13,18H,14H2,(H,23,25)(H,26,27)/b13-11+/t18-/m0/s1. The molecule has 0 saturated heterocycles. The molecular weight excluding hydrogens is 388 g/mol. The molecule has 0 aliphatic carbocycles. The van der Waals surface area contributed by atoms with E-state index in [1.54, 1.807) is 54.6 Å². The third-order valence-electron chi connectivity index (χ3n) is 4.29. The number of nitrogens with zero attached hydrogens (tertiary/aromatic N) is 1. The Hall–Kier alpha value is -4.20. The second-order valence-corrected chi connectivity index (χ2v) is 6.40. The van der Waals surface area contributed by atoms with Crippen molar-refractivity contribution in [2.45, 2.75) is 12.5 Å². The van der Waals surface area contributed by atoms with Crippen molar-refractivity contribution < 1.29 is 24.0 Å². The van der Waals surface area contributed by atoms with E-state index in [2.05, 4.69) is 5.32 Å². The Labute approximate surface area is 171 Å². The number of nitrogens with one attached hydrogen (secondary N) is 1. The Balaban J connectivity index is 1.68. The fraction of sp³-hybridized carbons (Fsp3) is 0.0909. The van der Waals surface area contributed by atoms with E-state index in [0.717, 1.165) is 11.6 Å². The number of benzene rings is 2. The molecule has 2 aromatic carbocycles. The molecule has 0 unspecified atom stereocenters. The highest BCUT2D eigenvalue weighted by Crippen LogP contribution is 2.31. The molecular formula is C22H18N2O6. The first-order chi connectivity index (χ1) is 14.4. The van der Waals surface area contributed by atoms with Crippen molar-refractivity contribution in [2.75, 3.05) is 0 Å². The number of rotatable bonds is 8. The number of carbonyl (C=O) groups excluding carboxylic acids is 1. The van der Waals surface area contributed by atoms with Crippen LogP contribution in [0.2, 0.25) is 0 Å². The first kappa shape index (κ1) is 20.5. The molecule has 3 aromatic rings. The van der Waals surface area contributed by atoms with Crippen molar-refractivity contribution >= 4 is 23.6 Å². The van der Waals surface area contributed by atoms with Gasteiger partial charge in [-0.15, -0.1) is 0 Å². The van der Waals surface area contributed by atoms with Crippen molar-refractivity contribution in [3.8, 4) is 11.3 Å². The minimum absolute atomic E-state index is 0.0923. The highest BCUT2D eigenvalue weighted by molar-refractivity contribution is 5.94. The van der Waals surface area contributed by atoms with Gasteiger partial charge in [-0.25, -0.2) is 4.79 Å². The van der Waals surface area contributed by atoms with Crippen LogP contribution >= 0.6 is 0 Å². The maximum atomic E-state index is 12.1. The molecule has 0 radical (unpaired) electrons. The van der Waals surface area contributed by atoms with Gasteiger partial charge in [0.05, 0.1) is 10.5 Å². The lowest BCUT2D eigenvalue weighted by Crippen LogP contribution is -2.41. The summed E-state index contributed by atoms with van der Waals surface area (Å²) in [5, 5.41) is 23.0. The molecule has 0 aliphatic rings. The van der Waals surface area contributed by atoms with Crippen LogP contribution in [0.3, 0.4) is 0 Å². The van der Waals surface area contributed by atoms with E-state index in [9.17, 15) is 24.8 Å². The van der Waals surface area contributed by atoms with Crippen molar-refractivity contribution in [2.24, 2.45) is 0 Å². The largest absolute Gasteiger partial charge is 0.480 e. The minimum Gasteiger partial charge on any atom is -0.480 e. The number of aliphatic carboxylic acids is 1. The molecule has 0 saturated carbocycles. The number of carbonyl (C=O) groups is 2. The van der Waals surface area contributed by atoms with Gasteiger partial charge in [0.1, 0.15) is 17.6 Å². The molecule has 1 amide bonds. The van der Waals surface area contributed by atoms with E-state index in [4.69, 9.17) is 4.42 Å². The Morgan fingerprint density at radius 1 is 1.07 bits per heavy atom. The molecule has 0 aliphatic heterocycles. The predicted octanol–water partition coefficient (Wildman–Crippen LogP) is 3.68. The number of carboxylic acid groups (broad SMARTS) is 1. The number of hydrogen-bond donors (Lipinski definition) is 2. The van der Waals surface area contributed by atoms with Crippen LogP contribution in [-0.4, -0.2) is 27.9 Å². The van der Waals surface area contributed by atoms with Crippen molar-refractivity contribution in [1.82, 2.24) is 5.32 Å². The third-order valence-corrected chi connectivity index (χ3v) is 4.29. The minimum atomic E-state index is -1.14. The van der Waals surface area contributed by atoms with E-state index in [1.165, 1.54) is 12.1 Å². The number of para-hydroxylation sites is 1. The second-order valence-electron chi connectivity index (χ2n) is 6.40. The molecule has 152 valence electrons. The summed E-state index contributed by atoms with van der Waals surface area (Å²) in [6.45, 7) is 0. The monoisotopic (exact) mass is 406 g/mol. The van der Waals surface area contributed by atoms with Gasteiger partial charge < -0.3 is 14.8 Å². The highest BCUT2D eigenvalue weighted by atomic mass is 16.6. The summed E-state index contributed by atoms with van der Waals surface area (Å²) in [4.78, 5) is 34.3. The van der Waals surface area contributed by atoms with Gasteiger partial charge in [-0.3, -0.25) is 14.9 Å². The highest BCUT2D eigenvalue weighted by Gasteiger charge is 2.20. The Kier molecular flexibility index (Phi) is 6.39. The SMILES string of the molecule is O=C(/C=C/c1ccc(-c2ccccc2[N+](=O)[O-])o1)N[C@@H](Cc1ccccc1)C(=O)O. The number of hydrogen-bond acceptors (Lipinski definition) is 5. The fourth-order valence-corrected chi connectivity index (χ4v) is 2.86. The van der Waals surface area contributed by atoms with Crippen molar-refractivity contribution in [1.29, 1.82) is 0 Å². The van der Waals surface area contributed by atoms with Crippen LogP contribution in [-0.2, 0) is 16.0 Å². The molecule has 3 rings (SSSR count). The lowest BCUT2D eigenvalue weighted by atomic mass is 10.1. The second kappa shape index (κ2) is 9.33. The summed E-state index contributed by atoms with van der Waals surface area (Å²) in [7, 11) is 0. The smallest absolute Gasteiger partial charge is 0.326 e. The maximum Gasteiger partial charge on any atom is 0.326 e. The van der Waals surface area contributed by atoms with Crippen LogP contribution in [0.5, 0.6) is 0 Å². The van der Waals surface area contributed by atoms with Gasteiger partial charge >= 0.3 is 5.97 Å². The maximum absolute atomic E-state index is 12.1. The zero-order valence-electron chi connectivity index (χ0n) is 15.7. The molecule has 0 fully saturated rings. The van der Waals surface area contributed by atoms with Gasteiger partial charge in [-0.05, 0) is 29.8 Å². The average molecular weight is 406 g/mol. The van der Waals surface area contributed by atoms with Gasteiger partial charge in [0, 0.05) is 18.6 Å². The molecule has 1 atom stereocenters. The van der Waals surface area contributed by atoms with Crippen LogP contribution in [0.1, 0.15) is 11.3 Å². The molecule has 1 heterocycles. The number of carboxylic acids is 1. The van der Waals surface area contributed by atoms with E-state index < -0.39 is 22.8 Å². The third kappa shape index (κ3) is 5.20. The predicted molar refractivity (Wildman–Crippen MR) is 110 cm³/mol. The van der Waals surface area contributed by atoms with Crippen LogP contribution < -0.4 is 5.32 Å². The molecule has 8 heteroatoms. The Morgan fingerprint density at radius 3 is 2.47 bits per heavy atom. The summed E-state index contributed by atoms with van der Waals surface area (Å²) in [5.41, 5.74) is 1.01. The quantitative estimate of drug-likeness (QED) is 0.334. The van der Waals surface area contributed by atoms with Crippen molar-refractivity contribution in [3.63, 3.8) is 0 Å². The zero-order chi connectivity index (χ0) is 21.5. The molecule has 1 aromatic heterocycles. The first-order valence-electron chi connectivity index (χ1n) is 9.03. The van der Waals surface area contributed by atoms with Gasteiger partial charge in [0.25, 0.3) is 5.69 Å². The van der Waals surface area contributed by atoms with E-state index in [0.29, 0.717) is 11.3 Å². The summed E-state index contributed by atoms with van der Waals surface area (Å²) in [6.07, 6.45) is 2.68. The van der Waals surface area contributed by atoms with Crippen LogP contribution in [0.4, 0.5) is 5.69 Å². The summed E-state index contributed by atoms with van der Waals surface area (Å²) in [6, 6.07) is 17.2. The number of furan rings is 1. The number of nitro groups is 1. The van der Waals surface area contributed by atoms with Crippen LogP contribution in [0.15, 0.2) is 77.2 Å². The molecule has 8 nitrogen and oxygen atoms in total. The molecule has 30 heavy (non-hydrogen) atoms. The van der Waals surface area contributed by atoms with Crippen LogP contribution in [0.25, 0.3) is 17.4 Å². The Bertz CT molecular complexity index is 1090. The topological polar surface area (TPSA) is 123 Å².